The molecule has 1 N–H and O–H groups in total. The van der Waals surface area contributed by atoms with Gasteiger partial charge in [0.15, 0.2) is 6.61 Å². The molecule has 0 aliphatic rings. The smallest absolute Gasteiger partial charge is 0.339 e. The molecule has 33 heavy (non-hydrogen) atoms. The van der Waals surface area contributed by atoms with Gasteiger partial charge in [0.05, 0.1) is 16.8 Å². The van der Waals surface area contributed by atoms with Gasteiger partial charge in [-0.1, -0.05) is 62.2 Å². The van der Waals surface area contributed by atoms with E-state index in [1.165, 1.54) is 0 Å². The molecule has 166 valence electrons. The molecular weight excluding hydrogens is 548 g/mol. The highest BCUT2D eigenvalue weighted by molar-refractivity contribution is 9.10. The predicted octanol–water partition coefficient (Wildman–Crippen LogP) is 6.84. The number of carbonyl (C=O) groups excluding carboxylic acids is 2. The molecule has 0 saturated heterocycles. The predicted molar refractivity (Wildman–Crippen MR) is 137 cm³/mol. The maximum Gasteiger partial charge on any atom is 0.339 e. The average molecular weight is 568 g/mol. The lowest BCUT2D eigenvalue weighted by atomic mass is 10.0. The summed E-state index contributed by atoms with van der Waals surface area (Å²) in [6.07, 6.45) is 0. The number of hydrogen-bond donors (Lipinski definition) is 1. The number of rotatable bonds is 5. The van der Waals surface area contributed by atoms with Crippen LogP contribution in [0.5, 0.6) is 0 Å². The molecule has 0 bridgehead atoms. The van der Waals surface area contributed by atoms with E-state index in [4.69, 9.17) is 4.74 Å². The van der Waals surface area contributed by atoms with Gasteiger partial charge in [-0.2, -0.15) is 0 Å². The van der Waals surface area contributed by atoms with Gasteiger partial charge in [-0.15, -0.1) is 0 Å². The van der Waals surface area contributed by atoms with Crippen molar-refractivity contribution < 1.29 is 14.3 Å². The quantitative estimate of drug-likeness (QED) is 0.268. The zero-order chi connectivity index (χ0) is 23.5. The number of para-hydroxylation sites is 1. The Labute approximate surface area is 208 Å². The van der Waals surface area contributed by atoms with Crippen LogP contribution in [0.25, 0.3) is 22.2 Å². The Balaban J connectivity index is 1.56. The van der Waals surface area contributed by atoms with Crippen molar-refractivity contribution in [3.8, 4) is 11.3 Å². The summed E-state index contributed by atoms with van der Waals surface area (Å²) < 4.78 is 7.30. The van der Waals surface area contributed by atoms with E-state index in [9.17, 15) is 9.59 Å². The van der Waals surface area contributed by atoms with E-state index in [0.29, 0.717) is 27.8 Å². The summed E-state index contributed by atoms with van der Waals surface area (Å²) in [5, 5.41) is 3.48. The molecule has 0 unspecified atom stereocenters. The highest BCUT2D eigenvalue weighted by Gasteiger charge is 2.17. The van der Waals surface area contributed by atoms with Gasteiger partial charge in [-0.25, -0.2) is 9.78 Å². The molecule has 1 heterocycles. The Kier molecular flexibility index (Phi) is 6.91. The zero-order valence-corrected chi connectivity index (χ0v) is 21.2. The number of pyridine rings is 1. The van der Waals surface area contributed by atoms with E-state index in [0.717, 1.165) is 25.6 Å². The molecule has 0 atom stereocenters. The van der Waals surface area contributed by atoms with Crippen LogP contribution in [0.2, 0.25) is 0 Å². The number of benzene rings is 3. The fourth-order valence-electron chi connectivity index (χ4n) is 3.42. The molecule has 4 aromatic rings. The summed E-state index contributed by atoms with van der Waals surface area (Å²) in [6.45, 7) is 3.45. The number of anilines is 1. The number of amides is 1. The Morgan fingerprint density at radius 2 is 1.67 bits per heavy atom. The number of fused-ring (bicyclic) bond motifs is 1. The van der Waals surface area contributed by atoms with Gasteiger partial charge in [0.2, 0.25) is 0 Å². The molecule has 4 rings (SSSR count). The van der Waals surface area contributed by atoms with Gasteiger partial charge < -0.3 is 10.1 Å². The number of ether oxygens (including phenoxy) is 1. The van der Waals surface area contributed by atoms with Gasteiger partial charge in [0, 0.05) is 25.6 Å². The SMILES string of the molecule is Cc1cc(NC(=O)COC(=O)c2cc(-c3ccc(Br)cc3)nc3ccccc23)c(C)cc1Br. The molecule has 3 aromatic carbocycles. The second-order valence-corrected chi connectivity index (χ2v) is 9.39. The molecule has 0 aliphatic heterocycles. The van der Waals surface area contributed by atoms with Crippen molar-refractivity contribution in [3.05, 3.63) is 92.4 Å². The van der Waals surface area contributed by atoms with Crippen LogP contribution in [0.4, 0.5) is 5.69 Å². The van der Waals surface area contributed by atoms with Crippen LogP contribution in [0.1, 0.15) is 21.5 Å². The molecule has 5 nitrogen and oxygen atoms in total. The van der Waals surface area contributed by atoms with Crippen molar-refractivity contribution in [1.29, 1.82) is 0 Å². The van der Waals surface area contributed by atoms with Crippen LogP contribution in [0.15, 0.2) is 75.7 Å². The second-order valence-electron chi connectivity index (χ2n) is 7.62. The molecule has 7 heteroatoms. The first-order chi connectivity index (χ1) is 15.8. The van der Waals surface area contributed by atoms with Crippen LogP contribution in [-0.2, 0) is 9.53 Å². The minimum atomic E-state index is -0.578. The van der Waals surface area contributed by atoms with Crippen LogP contribution in [0, 0.1) is 13.8 Å². The van der Waals surface area contributed by atoms with E-state index in [1.807, 2.05) is 74.5 Å². The van der Waals surface area contributed by atoms with Gasteiger partial charge in [0.1, 0.15) is 0 Å². The Morgan fingerprint density at radius 1 is 0.939 bits per heavy atom. The number of aromatic nitrogens is 1. The highest BCUT2D eigenvalue weighted by atomic mass is 79.9. The molecule has 1 amide bonds. The first-order valence-corrected chi connectivity index (χ1v) is 11.8. The minimum Gasteiger partial charge on any atom is -0.452 e. The molecule has 0 spiro atoms. The lowest BCUT2D eigenvalue weighted by Crippen LogP contribution is -2.21. The highest BCUT2D eigenvalue weighted by Crippen LogP contribution is 2.27. The maximum absolute atomic E-state index is 13.0. The number of nitrogens with zero attached hydrogens (tertiary/aromatic N) is 1. The summed E-state index contributed by atoms with van der Waals surface area (Å²) in [7, 11) is 0. The summed E-state index contributed by atoms with van der Waals surface area (Å²) in [5.74, 6) is -0.981. The molecule has 0 saturated carbocycles. The Morgan fingerprint density at radius 3 is 2.42 bits per heavy atom. The monoisotopic (exact) mass is 566 g/mol. The Hall–Kier alpha value is -3.03. The van der Waals surface area contributed by atoms with E-state index in [1.54, 1.807) is 6.07 Å². The van der Waals surface area contributed by atoms with Gasteiger partial charge in [-0.3, -0.25) is 4.79 Å². The second kappa shape index (κ2) is 9.85. The molecule has 0 radical (unpaired) electrons. The molecule has 1 aromatic heterocycles. The van der Waals surface area contributed by atoms with Crippen LogP contribution >= 0.6 is 31.9 Å². The number of nitrogens with one attached hydrogen (secondary N) is 1. The van der Waals surface area contributed by atoms with Crippen LogP contribution in [-0.4, -0.2) is 23.5 Å². The third kappa shape index (κ3) is 5.31. The van der Waals surface area contributed by atoms with E-state index in [-0.39, 0.29) is 0 Å². The first kappa shape index (κ1) is 23.1. The van der Waals surface area contributed by atoms with Gasteiger partial charge >= 0.3 is 5.97 Å². The van der Waals surface area contributed by atoms with Gasteiger partial charge in [0.25, 0.3) is 5.91 Å². The lowest BCUT2D eigenvalue weighted by molar-refractivity contribution is -0.119. The van der Waals surface area contributed by atoms with Crippen LogP contribution < -0.4 is 5.32 Å². The third-order valence-electron chi connectivity index (χ3n) is 5.19. The maximum atomic E-state index is 13.0. The van der Waals surface area contributed by atoms with Crippen molar-refractivity contribution in [3.63, 3.8) is 0 Å². The normalized spacial score (nSPS) is 10.8. The van der Waals surface area contributed by atoms with Crippen molar-refractivity contribution in [2.75, 3.05) is 11.9 Å². The number of hydrogen-bond acceptors (Lipinski definition) is 4. The minimum absolute atomic E-state index is 0.363. The first-order valence-electron chi connectivity index (χ1n) is 10.2. The van der Waals surface area contributed by atoms with E-state index >= 15 is 0 Å². The standard InChI is InChI=1S/C26H20Br2N2O3/c1-15-12-23(16(2)11-21(15)28)30-25(31)14-33-26(32)20-13-24(17-7-9-18(27)10-8-17)29-22-6-4-3-5-19(20)22/h3-13H,14H2,1-2H3,(H,30,31). The largest absolute Gasteiger partial charge is 0.452 e. The van der Waals surface area contributed by atoms with Gasteiger partial charge in [-0.05, 0) is 61.4 Å². The van der Waals surface area contributed by atoms with Crippen molar-refractivity contribution in [1.82, 2.24) is 4.98 Å². The van der Waals surface area contributed by atoms with E-state index in [2.05, 4.69) is 42.2 Å². The molecule has 0 fully saturated rings. The molecule has 0 aliphatic carbocycles. The van der Waals surface area contributed by atoms with Crippen molar-refractivity contribution in [2.24, 2.45) is 0 Å². The van der Waals surface area contributed by atoms with Crippen molar-refractivity contribution in [2.45, 2.75) is 13.8 Å². The average Bonchev–Trinajstić information content (AvgIpc) is 2.80. The molecular formula is C26H20Br2N2O3. The number of halogens is 2. The summed E-state index contributed by atoms with van der Waals surface area (Å²) in [5.41, 5.74) is 5.15. The topological polar surface area (TPSA) is 68.3 Å². The van der Waals surface area contributed by atoms with Crippen LogP contribution in [0.3, 0.4) is 0 Å². The summed E-state index contributed by atoms with van der Waals surface area (Å²) >= 11 is 6.91. The summed E-state index contributed by atoms with van der Waals surface area (Å²) in [4.78, 5) is 30.1. The zero-order valence-electron chi connectivity index (χ0n) is 18.0. The number of esters is 1. The summed E-state index contributed by atoms with van der Waals surface area (Å²) in [6, 6.07) is 20.6. The third-order valence-corrected chi connectivity index (χ3v) is 6.57. The fraction of sp³-hybridized carbons (Fsp3) is 0.115. The number of carbonyl (C=O) groups is 2. The van der Waals surface area contributed by atoms with Crippen molar-refractivity contribution >= 4 is 60.3 Å². The fourth-order valence-corrected chi connectivity index (χ4v) is 4.15. The van der Waals surface area contributed by atoms with E-state index < -0.39 is 18.5 Å². The lowest BCUT2D eigenvalue weighted by Gasteiger charge is -2.12. The Bertz CT molecular complexity index is 1370. The number of aryl methyl sites for hydroxylation is 2.